The third-order valence-corrected chi connectivity index (χ3v) is 2.79. The molecule has 0 aliphatic heterocycles. The van der Waals surface area contributed by atoms with Crippen LogP contribution in [0.4, 0.5) is 0 Å². The van der Waals surface area contributed by atoms with Crippen molar-refractivity contribution in [2.75, 3.05) is 7.11 Å². The van der Waals surface area contributed by atoms with Gasteiger partial charge in [-0.3, -0.25) is 4.79 Å². The standard InChI is InChI=1S/C4H7ClO4S/c1-3(4(6)9-2)10(5,7)8/h3H,1-2H3. The lowest BCUT2D eigenvalue weighted by atomic mass is 10.5. The molecule has 0 aromatic heterocycles. The number of esters is 1. The Morgan fingerprint density at radius 1 is 1.60 bits per heavy atom. The maximum atomic E-state index is 10.5. The van der Waals surface area contributed by atoms with E-state index in [1.54, 1.807) is 0 Å². The summed E-state index contributed by atoms with van der Waals surface area (Å²) in [7, 11) is 2.11. The highest BCUT2D eigenvalue weighted by atomic mass is 35.7. The molecule has 0 bridgehead atoms. The van der Waals surface area contributed by atoms with Crippen molar-refractivity contribution in [2.45, 2.75) is 12.2 Å². The molecule has 6 heteroatoms. The van der Waals surface area contributed by atoms with E-state index in [0.29, 0.717) is 0 Å². The minimum Gasteiger partial charge on any atom is -0.468 e. The van der Waals surface area contributed by atoms with Gasteiger partial charge in [0.1, 0.15) is 0 Å². The van der Waals surface area contributed by atoms with Crippen LogP contribution in [0.3, 0.4) is 0 Å². The molecule has 0 rings (SSSR count). The molecule has 0 saturated heterocycles. The second-order valence-electron chi connectivity index (χ2n) is 1.64. The summed E-state index contributed by atoms with van der Waals surface area (Å²) in [6, 6.07) is 0. The minimum absolute atomic E-state index is 0.852. The lowest BCUT2D eigenvalue weighted by Crippen LogP contribution is -2.24. The highest BCUT2D eigenvalue weighted by molar-refractivity contribution is 8.14. The van der Waals surface area contributed by atoms with E-state index >= 15 is 0 Å². The van der Waals surface area contributed by atoms with Crippen LogP contribution < -0.4 is 0 Å². The summed E-state index contributed by atoms with van der Waals surface area (Å²) in [6.45, 7) is 1.16. The van der Waals surface area contributed by atoms with Crippen LogP contribution in [0, 0.1) is 0 Å². The fraction of sp³-hybridized carbons (Fsp3) is 0.750. The quantitative estimate of drug-likeness (QED) is 0.454. The molecule has 0 aliphatic rings. The lowest BCUT2D eigenvalue weighted by molar-refractivity contribution is -0.139. The number of carbonyl (C=O) groups excluding carboxylic acids is 1. The Bertz CT molecular complexity index is 219. The molecule has 0 fully saturated rings. The van der Waals surface area contributed by atoms with Gasteiger partial charge in [0.25, 0.3) is 0 Å². The van der Waals surface area contributed by atoms with Gasteiger partial charge in [0.15, 0.2) is 5.25 Å². The van der Waals surface area contributed by atoms with Gasteiger partial charge in [0, 0.05) is 10.7 Å². The molecule has 4 nitrogen and oxygen atoms in total. The van der Waals surface area contributed by atoms with E-state index in [0.717, 1.165) is 14.0 Å². The number of rotatable bonds is 2. The normalized spacial score (nSPS) is 14.3. The summed E-state index contributed by atoms with van der Waals surface area (Å²) in [5, 5.41) is -1.29. The molecule has 0 aliphatic carbocycles. The first-order chi connectivity index (χ1) is 4.39. The van der Waals surface area contributed by atoms with Gasteiger partial charge in [-0.25, -0.2) is 8.42 Å². The van der Waals surface area contributed by atoms with Gasteiger partial charge in [0.05, 0.1) is 7.11 Å². The van der Waals surface area contributed by atoms with Gasteiger partial charge in [-0.2, -0.15) is 0 Å². The summed E-state index contributed by atoms with van der Waals surface area (Å²) in [4.78, 5) is 10.5. The van der Waals surface area contributed by atoms with Crippen LogP contribution in [0.25, 0.3) is 0 Å². The minimum atomic E-state index is -3.82. The number of halogens is 1. The topological polar surface area (TPSA) is 60.4 Å². The zero-order chi connectivity index (χ0) is 8.36. The van der Waals surface area contributed by atoms with Gasteiger partial charge in [-0.1, -0.05) is 0 Å². The van der Waals surface area contributed by atoms with Gasteiger partial charge in [-0.15, -0.1) is 0 Å². The summed E-state index contributed by atoms with van der Waals surface area (Å²) in [5.74, 6) is -0.852. The van der Waals surface area contributed by atoms with Crippen molar-refractivity contribution in [1.82, 2.24) is 0 Å². The average Bonchev–Trinajstić information content (AvgIpc) is 1.83. The monoisotopic (exact) mass is 186 g/mol. The number of carbonyl (C=O) groups is 1. The highest BCUT2D eigenvalue weighted by Gasteiger charge is 2.26. The second kappa shape index (κ2) is 3.21. The van der Waals surface area contributed by atoms with Gasteiger partial charge in [0.2, 0.25) is 9.05 Å². The van der Waals surface area contributed by atoms with E-state index < -0.39 is 20.3 Å². The number of hydrogen-bond donors (Lipinski definition) is 0. The van der Waals surface area contributed by atoms with E-state index in [-0.39, 0.29) is 0 Å². The molecular formula is C4H7ClO4S. The fourth-order valence-corrected chi connectivity index (χ4v) is 0.825. The zero-order valence-corrected chi connectivity index (χ0v) is 7.07. The number of methoxy groups -OCH3 is 1. The Kier molecular flexibility index (Phi) is 3.11. The first-order valence-electron chi connectivity index (χ1n) is 2.41. The van der Waals surface area contributed by atoms with E-state index in [9.17, 15) is 13.2 Å². The summed E-state index contributed by atoms with van der Waals surface area (Å²) in [5.41, 5.74) is 0. The molecular weight excluding hydrogens is 180 g/mol. The van der Waals surface area contributed by atoms with Crippen molar-refractivity contribution in [3.05, 3.63) is 0 Å². The van der Waals surface area contributed by atoms with Crippen LogP contribution in [0.1, 0.15) is 6.92 Å². The summed E-state index contributed by atoms with van der Waals surface area (Å²) >= 11 is 0. The third-order valence-electron chi connectivity index (χ3n) is 0.955. The zero-order valence-electron chi connectivity index (χ0n) is 5.50. The fourth-order valence-electron chi connectivity index (χ4n) is 0.281. The first-order valence-corrected chi connectivity index (χ1v) is 4.78. The molecule has 0 heterocycles. The van der Waals surface area contributed by atoms with Crippen LogP contribution >= 0.6 is 10.7 Å². The molecule has 10 heavy (non-hydrogen) atoms. The van der Waals surface area contributed by atoms with Crippen molar-refractivity contribution in [1.29, 1.82) is 0 Å². The van der Waals surface area contributed by atoms with E-state index in [1.165, 1.54) is 0 Å². The number of hydrogen-bond acceptors (Lipinski definition) is 4. The largest absolute Gasteiger partial charge is 0.468 e. The third kappa shape index (κ3) is 2.53. The molecule has 0 aromatic rings. The molecule has 0 radical (unpaired) electrons. The predicted octanol–water partition coefficient (Wildman–Crippen LogP) is 0.116. The van der Waals surface area contributed by atoms with Crippen LogP contribution in [0.2, 0.25) is 0 Å². The molecule has 60 valence electrons. The molecule has 0 aromatic carbocycles. The predicted molar refractivity (Wildman–Crippen MR) is 36.3 cm³/mol. The van der Waals surface area contributed by atoms with Crippen molar-refractivity contribution >= 4 is 25.7 Å². The summed E-state index contributed by atoms with van der Waals surface area (Å²) < 4.78 is 24.9. The molecule has 0 amide bonds. The Labute approximate surface area is 63.5 Å². The molecule has 0 N–H and O–H groups in total. The van der Waals surface area contributed by atoms with Crippen LogP contribution in [-0.4, -0.2) is 26.7 Å². The smallest absolute Gasteiger partial charge is 0.325 e. The Hall–Kier alpha value is -0.290. The molecule has 0 saturated carbocycles. The average molecular weight is 187 g/mol. The first kappa shape index (κ1) is 9.71. The van der Waals surface area contributed by atoms with E-state index in [2.05, 4.69) is 4.74 Å². The molecule has 1 unspecified atom stereocenters. The highest BCUT2D eigenvalue weighted by Crippen LogP contribution is 2.07. The van der Waals surface area contributed by atoms with Crippen LogP contribution in [-0.2, 0) is 18.6 Å². The summed E-state index contributed by atoms with van der Waals surface area (Å²) in [6.07, 6.45) is 0. The molecule has 0 spiro atoms. The van der Waals surface area contributed by atoms with Crippen molar-refractivity contribution in [2.24, 2.45) is 0 Å². The van der Waals surface area contributed by atoms with Crippen LogP contribution in [0.15, 0.2) is 0 Å². The van der Waals surface area contributed by atoms with E-state index in [1.807, 2.05) is 0 Å². The Morgan fingerprint density at radius 3 is 2.10 bits per heavy atom. The SMILES string of the molecule is COC(=O)C(C)S(=O)(=O)Cl. The van der Waals surface area contributed by atoms with E-state index in [4.69, 9.17) is 10.7 Å². The van der Waals surface area contributed by atoms with Crippen molar-refractivity contribution in [3.63, 3.8) is 0 Å². The van der Waals surface area contributed by atoms with Crippen molar-refractivity contribution in [3.8, 4) is 0 Å². The second-order valence-corrected chi connectivity index (χ2v) is 4.59. The van der Waals surface area contributed by atoms with Gasteiger partial charge in [-0.05, 0) is 6.92 Å². The van der Waals surface area contributed by atoms with Gasteiger partial charge >= 0.3 is 5.97 Å². The lowest BCUT2D eigenvalue weighted by Gasteiger charge is -2.02. The Balaban J connectivity index is 4.39. The Morgan fingerprint density at radius 2 is 2.00 bits per heavy atom. The number of ether oxygens (including phenoxy) is 1. The molecule has 1 atom stereocenters. The maximum absolute atomic E-state index is 10.5. The van der Waals surface area contributed by atoms with Crippen molar-refractivity contribution < 1.29 is 17.9 Å². The van der Waals surface area contributed by atoms with Gasteiger partial charge < -0.3 is 4.74 Å². The maximum Gasteiger partial charge on any atom is 0.325 e. The van der Waals surface area contributed by atoms with Crippen LogP contribution in [0.5, 0.6) is 0 Å².